The molecule has 0 saturated heterocycles. The second kappa shape index (κ2) is 11.3. The van der Waals surface area contributed by atoms with E-state index in [1.54, 1.807) is 4.90 Å². The fraction of sp³-hybridized carbons (Fsp3) is 0.462. The topological polar surface area (TPSA) is 49.4 Å². The maximum absolute atomic E-state index is 13.5. The van der Waals surface area contributed by atoms with Gasteiger partial charge in [0.2, 0.25) is 11.8 Å². The molecule has 0 heterocycles. The first-order chi connectivity index (χ1) is 15.0. The van der Waals surface area contributed by atoms with Gasteiger partial charge in [0.25, 0.3) is 0 Å². The Morgan fingerprint density at radius 1 is 1.06 bits per heavy atom. The Bertz CT molecular complexity index is 875. The van der Waals surface area contributed by atoms with Gasteiger partial charge in [-0.25, -0.2) is 0 Å². The number of hydrogen-bond acceptors (Lipinski definition) is 2. The third-order valence-electron chi connectivity index (χ3n) is 6.21. The lowest BCUT2D eigenvalue weighted by Crippen LogP contribution is -2.52. The fourth-order valence-electron chi connectivity index (χ4n) is 4.32. The monoisotopic (exact) mass is 440 g/mol. The van der Waals surface area contributed by atoms with Gasteiger partial charge in [-0.05, 0) is 55.0 Å². The second-order valence-electron chi connectivity index (χ2n) is 8.52. The molecular formula is C26H33ClN2O2. The highest BCUT2D eigenvalue weighted by molar-refractivity contribution is 6.30. The first-order valence-corrected chi connectivity index (χ1v) is 11.7. The van der Waals surface area contributed by atoms with E-state index in [1.165, 1.54) is 6.42 Å². The molecule has 0 aliphatic heterocycles. The number of nitrogens with one attached hydrogen (secondary N) is 1. The van der Waals surface area contributed by atoms with E-state index in [0.717, 1.165) is 42.4 Å². The molecular weight excluding hydrogens is 408 g/mol. The molecule has 1 aliphatic carbocycles. The van der Waals surface area contributed by atoms with E-state index in [0.29, 0.717) is 18.0 Å². The smallest absolute Gasteiger partial charge is 0.243 e. The summed E-state index contributed by atoms with van der Waals surface area (Å²) in [6.45, 7) is 4.37. The van der Waals surface area contributed by atoms with Crippen molar-refractivity contribution in [1.82, 2.24) is 10.2 Å². The first-order valence-electron chi connectivity index (χ1n) is 11.4. The van der Waals surface area contributed by atoms with Crippen molar-refractivity contribution < 1.29 is 9.59 Å². The highest BCUT2D eigenvalue weighted by Crippen LogP contribution is 2.20. The molecule has 3 rings (SSSR count). The first kappa shape index (κ1) is 23.3. The summed E-state index contributed by atoms with van der Waals surface area (Å²) in [6.07, 6.45) is 6.46. The number of halogens is 1. The van der Waals surface area contributed by atoms with Crippen LogP contribution >= 0.6 is 11.6 Å². The van der Waals surface area contributed by atoms with E-state index < -0.39 is 6.04 Å². The van der Waals surface area contributed by atoms with Gasteiger partial charge < -0.3 is 10.2 Å². The maximum Gasteiger partial charge on any atom is 0.243 e. The van der Waals surface area contributed by atoms with Crippen molar-refractivity contribution in [2.45, 2.75) is 77.4 Å². The highest BCUT2D eigenvalue weighted by Gasteiger charge is 2.30. The zero-order chi connectivity index (χ0) is 22.2. The van der Waals surface area contributed by atoms with Crippen LogP contribution < -0.4 is 5.32 Å². The molecule has 5 heteroatoms. The van der Waals surface area contributed by atoms with Crippen LogP contribution in [0, 0.1) is 6.92 Å². The van der Waals surface area contributed by atoms with Gasteiger partial charge in [-0.2, -0.15) is 0 Å². The third kappa shape index (κ3) is 6.57. The number of hydrogen-bond donors (Lipinski definition) is 1. The molecule has 0 spiro atoms. The van der Waals surface area contributed by atoms with E-state index in [1.807, 2.05) is 62.4 Å². The lowest BCUT2D eigenvalue weighted by Gasteiger charge is -2.33. The molecule has 1 unspecified atom stereocenters. The SMILES string of the molecule is CCC(C(=O)NC1CCCCC1)N(Cc1ccc(Cl)cc1)C(=O)Cc1ccccc1C. The molecule has 1 N–H and O–H groups in total. The van der Waals surface area contributed by atoms with Crippen molar-refractivity contribution in [3.8, 4) is 0 Å². The second-order valence-corrected chi connectivity index (χ2v) is 8.96. The van der Waals surface area contributed by atoms with Gasteiger partial charge in [-0.3, -0.25) is 9.59 Å². The van der Waals surface area contributed by atoms with Gasteiger partial charge in [0.15, 0.2) is 0 Å². The van der Waals surface area contributed by atoms with Crippen molar-refractivity contribution in [2.24, 2.45) is 0 Å². The lowest BCUT2D eigenvalue weighted by molar-refractivity contribution is -0.141. The normalized spacial score (nSPS) is 15.3. The number of carbonyl (C=O) groups excluding carboxylic acids is 2. The number of amides is 2. The van der Waals surface area contributed by atoms with Crippen LogP contribution in [-0.2, 0) is 22.6 Å². The molecule has 1 fully saturated rings. The number of benzene rings is 2. The van der Waals surface area contributed by atoms with Crippen LogP contribution in [0.2, 0.25) is 5.02 Å². The predicted molar refractivity (Wildman–Crippen MR) is 126 cm³/mol. The van der Waals surface area contributed by atoms with E-state index in [9.17, 15) is 9.59 Å². The number of nitrogens with zero attached hydrogens (tertiary/aromatic N) is 1. The quantitative estimate of drug-likeness (QED) is 0.593. The van der Waals surface area contributed by atoms with Crippen molar-refractivity contribution in [1.29, 1.82) is 0 Å². The minimum Gasteiger partial charge on any atom is -0.352 e. The van der Waals surface area contributed by atoms with Gasteiger partial charge in [0.1, 0.15) is 6.04 Å². The standard InChI is InChI=1S/C26H33ClN2O2/c1-3-24(26(31)28-23-11-5-4-6-12-23)29(18-20-13-15-22(27)16-14-20)25(30)17-21-10-8-7-9-19(21)2/h7-10,13-16,23-24H,3-6,11-12,17-18H2,1-2H3,(H,28,31). The fourth-order valence-corrected chi connectivity index (χ4v) is 4.45. The molecule has 2 amide bonds. The molecule has 2 aromatic carbocycles. The molecule has 166 valence electrons. The Kier molecular flexibility index (Phi) is 8.53. The van der Waals surface area contributed by atoms with Crippen molar-refractivity contribution in [3.05, 3.63) is 70.2 Å². The van der Waals surface area contributed by atoms with Crippen molar-refractivity contribution in [2.75, 3.05) is 0 Å². The predicted octanol–water partition coefficient (Wildman–Crippen LogP) is 5.45. The zero-order valence-corrected chi connectivity index (χ0v) is 19.3. The molecule has 1 saturated carbocycles. The van der Waals surface area contributed by atoms with Gasteiger partial charge in [0.05, 0.1) is 6.42 Å². The van der Waals surface area contributed by atoms with Crippen LogP contribution in [0.5, 0.6) is 0 Å². The molecule has 31 heavy (non-hydrogen) atoms. The average Bonchev–Trinajstić information content (AvgIpc) is 2.77. The van der Waals surface area contributed by atoms with Gasteiger partial charge in [-0.15, -0.1) is 0 Å². The Morgan fingerprint density at radius 3 is 2.39 bits per heavy atom. The summed E-state index contributed by atoms with van der Waals surface area (Å²) in [5, 5.41) is 3.88. The largest absolute Gasteiger partial charge is 0.352 e. The highest BCUT2D eigenvalue weighted by atomic mass is 35.5. The van der Waals surface area contributed by atoms with Crippen LogP contribution in [-0.4, -0.2) is 28.8 Å². The molecule has 0 bridgehead atoms. The summed E-state index contributed by atoms with van der Waals surface area (Å²) in [7, 11) is 0. The Balaban J connectivity index is 1.81. The Hall–Kier alpha value is -2.33. The molecule has 1 atom stereocenters. The van der Waals surface area contributed by atoms with Crippen LogP contribution in [0.15, 0.2) is 48.5 Å². The molecule has 0 aromatic heterocycles. The lowest BCUT2D eigenvalue weighted by atomic mass is 9.95. The van der Waals surface area contributed by atoms with Crippen molar-refractivity contribution in [3.63, 3.8) is 0 Å². The summed E-state index contributed by atoms with van der Waals surface area (Å²) in [4.78, 5) is 28.4. The van der Waals surface area contributed by atoms with Gasteiger partial charge >= 0.3 is 0 Å². The average molecular weight is 441 g/mol. The number of carbonyl (C=O) groups is 2. The minimum atomic E-state index is -0.492. The molecule has 0 radical (unpaired) electrons. The number of rotatable bonds is 8. The minimum absolute atomic E-state index is 0.0325. The van der Waals surface area contributed by atoms with Gasteiger partial charge in [0, 0.05) is 17.6 Å². The van der Waals surface area contributed by atoms with Crippen LogP contribution in [0.3, 0.4) is 0 Å². The third-order valence-corrected chi connectivity index (χ3v) is 6.46. The Labute approximate surface area is 191 Å². The van der Waals surface area contributed by atoms with E-state index in [2.05, 4.69) is 5.32 Å². The summed E-state index contributed by atoms with van der Waals surface area (Å²) < 4.78 is 0. The van der Waals surface area contributed by atoms with Crippen LogP contribution in [0.4, 0.5) is 0 Å². The zero-order valence-electron chi connectivity index (χ0n) is 18.6. The van der Waals surface area contributed by atoms with Crippen LogP contribution in [0.1, 0.15) is 62.1 Å². The van der Waals surface area contributed by atoms with E-state index in [4.69, 9.17) is 11.6 Å². The van der Waals surface area contributed by atoms with E-state index >= 15 is 0 Å². The summed E-state index contributed by atoms with van der Waals surface area (Å²) in [6, 6.07) is 15.1. The van der Waals surface area contributed by atoms with Crippen LogP contribution in [0.25, 0.3) is 0 Å². The number of aryl methyl sites for hydroxylation is 1. The molecule has 2 aromatic rings. The summed E-state index contributed by atoms with van der Waals surface area (Å²) >= 11 is 6.04. The van der Waals surface area contributed by atoms with Gasteiger partial charge in [-0.1, -0.05) is 74.2 Å². The maximum atomic E-state index is 13.5. The van der Waals surface area contributed by atoms with E-state index in [-0.39, 0.29) is 24.3 Å². The Morgan fingerprint density at radius 2 is 1.74 bits per heavy atom. The summed E-state index contributed by atoms with van der Waals surface area (Å²) in [5.74, 6) is -0.0728. The molecule has 4 nitrogen and oxygen atoms in total. The van der Waals surface area contributed by atoms with Crippen molar-refractivity contribution >= 4 is 23.4 Å². The summed E-state index contributed by atoms with van der Waals surface area (Å²) in [5.41, 5.74) is 3.05. The molecule has 1 aliphatic rings.